The van der Waals surface area contributed by atoms with Gasteiger partial charge in [0.1, 0.15) is 0 Å². The number of aromatic nitrogens is 2. The fourth-order valence-electron chi connectivity index (χ4n) is 1.05. The molecule has 1 rings (SSSR count). The van der Waals surface area contributed by atoms with E-state index in [2.05, 4.69) is 17.2 Å². The van der Waals surface area contributed by atoms with E-state index in [0.29, 0.717) is 6.54 Å². The van der Waals surface area contributed by atoms with Gasteiger partial charge in [-0.1, -0.05) is 6.92 Å². The first kappa shape index (κ1) is 9.92. The highest BCUT2D eigenvalue weighted by atomic mass is 16.1. The van der Waals surface area contributed by atoms with Crippen LogP contribution in [0.3, 0.4) is 0 Å². The molecule has 0 atom stereocenters. The second-order valence-electron chi connectivity index (χ2n) is 2.86. The molecule has 72 valence electrons. The molecule has 0 bridgehead atoms. The van der Waals surface area contributed by atoms with Gasteiger partial charge >= 0.3 is 0 Å². The van der Waals surface area contributed by atoms with Crippen molar-refractivity contribution in [1.29, 1.82) is 0 Å². The van der Waals surface area contributed by atoms with Crippen molar-refractivity contribution in [1.82, 2.24) is 14.9 Å². The molecule has 1 aromatic heterocycles. The molecule has 0 saturated heterocycles. The molecule has 0 aliphatic rings. The Hall–Kier alpha value is -1.16. The van der Waals surface area contributed by atoms with Gasteiger partial charge < -0.3 is 5.32 Å². The van der Waals surface area contributed by atoms with Crippen LogP contribution in [-0.4, -0.2) is 22.6 Å². The van der Waals surface area contributed by atoms with E-state index in [4.69, 9.17) is 0 Å². The fraction of sp³-hybridized carbons (Fsp3) is 0.556. The van der Waals surface area contributed by atoms with Crippen LogP contribution in [-0.2, 0) is 6.54 Å². The molecule has 0 amide bonds. The van der Waals surface area contributed by atoms with E-state index in [1.54, 1.807) is 10.9 Å². The lowest BCUT2D eigenvalue weighted by molar-refractivity contribution is 0.576. The molecule has 13 heavy (non-hydrogen) atoms. The van der Waals surface area contributed by atoms with Crippen molar-refractivity contribution in [3.05, 3.63) is 28.9 Å². The summed E-state index contributed by atoms with van der Waals surface area (Å²) in [7, 11) is 0. The highest BCUT2D eigenvalue weighted by Crippen LogP contribution is 1.77. The van der Waals surface area contributed by atoms with Crippen molar-refractivity contribution in [2.24, 2.45) is 0 Å². The predicted octanol–water partition coefficient (Wildman–Crippen LogP) is 0.243. The van der Waals surface area contributed by atoms with Crippen LogP contribution < -0.4 is 10.9 Å². The van der Waals surface area contributed by atoms with Gasteiger partial charge in [0, 0.05) is 25.4 Å². The quantitative estimate of drug-likeness (QED) is 0.662. The van der Waals surface area contributed by atoms with Crippen LogP contribution >= 0.6 is 0 Å². The Bertz CT molecular complexity index is 295. The van der Waals surface area contributed by atoms with Crippen LogP contribution in [0.4, 0.5) is 0 Å². The molecule has 0 saturated carbocycles. The zero-order chi connectivity index (χ0) is 9.52. The van der Waals surface area contributed by atoms with Crippen molar-refractivity contribution < 1.29 is 0 Å². The van der Waals surface area contributed by atoms with Crippen LogP contribution in [0.25, 0.3) is 0 Å². The largest absolute Gasteiger partial charge is 0.315 e. The fourth-order valence-corrected chi connectivity index (χ4v) is 1.05. The molecule has 1 N–H and O–H groups in total. The first-order valence-electron chi connectivity index (χ1n) is 4.55. The topological polar surface area (TPSA) is 46.9 Å². The molecule has 0 unspecified atom stereocenters. The maximum absolute atomic E-state index is 11.2. The Kier molecular flexibility index (Phi) is 4.18. The van der Waals surface area contributed by atoms with Gasteiger partial charge in [-0.3, -0.25) is 9.36 Å². The minimum Gasteiger partial charge on any atom is -0.315 e. The summed E-state index contributed by atoms with van der Waals surface area (Å²) < 4.78 is 1.60. The summed E-state index contributed by atoms with van der Waals surface area (Å²) in [6.45, 7) is 4.62. The van der Waals surface area contributed by atoms with Crippen LogP contribution in [0, 0.1) is 0 Å². The molecule has 0 aromatic carbocycles. The normalized spacial score (nSPS) is 10.2. The summed E-state index contributed by atoms with van der Waals surface area (Å²) >= 11 is 0. The van der Waals surface area contributed by atoms with E-state index in [0.717, 1.165) is 19.5 Å². The average molecular weight is 181 g/mol. The Morgan fingerprint density at radius 2 is 2.38 bits per heavy atom. The van der Waals surface area contributed by atoms with Crippen molar-refractivity contribution in [3.63, 3.8) is 0 Å². The molecular weight excluding hydrogens is 166 g/mol. The minimum absolute atomic E-state index is 0.00768. The minimum atomic E-state index is 0.00768. The van der Waals surface area contributed by atoms with Gasteiger partial charge in [-0.2, -0.15) is 0 Å². The number of nitrogens with zero attached hydrogens (tertiary/aromatic N) is 2. The molecule has 0 aliphatic heterocycles. The first-order chi connectivity index (χ1) is 6.34. The standard InChI is InChI=1S/C9H15N3O/c1-2-4-10-6-7-12-8-11-5-3-9(12)13/h3,5,8,10H,2,4,6-7H2,1H3. The lowest BCUT2D eigenvalue weighted by Gasteiger charge is -2.04. The second-order valence-corrected chi connectivity index (χ2v) is 2.86. The zero-order valence-corrected chi connectivity index (χ0v) is 7.86. The number of nitrogens with one attached hydrogen (secondary N) is 1. The molecule has 0 aliphatic carbocycles. The van der Waals surface area contributed by atoms with Gasteiger partial charge in [-0.15, -0.1) is 0 Å². The summed E-state index contributed by atoms with van der Waals surface area (Å²) in [6, 6.07) is 1.47. The molecular formula is C9H15N3O. The molecule has 1 aromatic rings. The predicted molar refractivity (Wildman–Crippen MR) is 51.7 cm³/mol. The Morgan fingerprint density at radius 3 is 3.08 bits per heavy atom. The van der Waals surface area contributed by atoms with E-state index < -0.39 is 0 Å². The van der Waals surface area contributed by atoms with E-state index in [1.807, 2.05) is 0 Å². The number of hydrogen-bond donors (Lipinski definition) is 1. The molecule has 1 heterocycles. The van der Waals surface area contributed by atoms with Gasteiger partial charge in [-0.25, -0.2) is 4.98 Å². The summed E-state index contributed by atoms with van der Waals surface area (Å²) in [5, 5.41) is 3.22. The summed E-state index contributed by atoms with van der Waals surface area (Å²) in [5.74, 6) is 0. The smallest absolute Gasteiger partial charge is 0.253 e. The average Bonchev–Trinajstić information content (AvgIpc) is 2.15. The van der Waals surface area contributed by atoms with Crippen LogP contribution in [0.1, 0.15) is 13.3 Å². The molecule has 0 spiro atoms. The molecule has 4 heteroatoms. The summed E-state index contributed by atoms with van der Waals surface area (Å²) in [4.78, 5) is 15.1. The SMILES string of the molecule is CCCNCCn1cnccc1=O. The van der Waals surface area contributed by atoms with Crippen molar-refractivity contribution in [3.8, 4) is 0 Å². The number of rotatable bonds is 5. The van der Waals surface area contributed by atoms with Gasteiger partial charge in [-0.05, 0) is 13.0 Å². The summed E-state index contributed by atoms with van der Waals surface area (Å²) in [5.41, 5.74) is 0.00768. The Morgan fingerprint density at radius 1 is 1.54 bits per heavy atom. The lowest BCUT2D eigenvalue weighted by atomic mass is 10.4. The molecule has 4 nitrogen and oxygen atoms in total. The highest BCUT2D eigenvalue weighted by molar-refractivity contribution is 4.81. The van der Waals surface area contributed by atoms with E-state index in [-0.39, 0.29) is 5.56 Å². The third-order valence-corrected chi connectivity index (χ3v) is 1.75. The Labute approximate surface area is 77.6 Å². The van der Waals surface area contributed by atoms with Gasteiger partial charge in [0.15, 0.2) is 0 Å². The maximum Gasteiger partial charge on any atom is 0.253 e. The van der Waals surface area contributed by atoms with Gasteiger partial charge in [0.25, 0.3) is 5.56 Å². The lowest BCUT2D eigenvalue weighted by Crippen LogP contribution is -2.26. The van der Waals surface area contributed by atoms with E-state index in [9.17, 15) is 4.79 Å². The van der Waals surface area contributed by atoms with Crippen molar-refractivity contribution in [2.75, 3.05) is 13.1 Å². The second kappa shape index (κ2) is 5.48. The van der Waals surface area contributed by atoms with Gasteiger partial charge in [0.05, 0.1) is 6.33 Å². The Balaban J connectivity index is 2.37. The third-order valence-electron chi connectivity index (χ3n) is 1.75. The highest BCUT2D eigenvalue weighted by Gasteiger charge is 1.92. The van der Waals surface area contributed by atoms with Gasteiger partial charge in [0.2, 0.25) is 0 Å². The van der Waals surface area contributed by atoms with Crippen molar-refractivity contribution >= 4 is 0 Å². The van der Waals surface area contributed by atoms with Crippen LogP contribution in [0.5, 0.6) is 0 Å². The van der Waals surface area contributed by atoms with Crippen LogP contribution in [0.15, 0.2) is 23.4 Å². The third kappa shape index (κ3) is 3.38. The van der Waals surface area contributed by atoms with E-state index >= 15 is 0 Å². The monoisotopic (exact) mass is 181 g/mol. The molecule has 0 radical (unpaired) electrons. The van der Waals surface area contributed by atoms with Crippen LogP contribution in [0.2, 0.25) is 0 Å². The zero-order valence-electron chi connectivity index (χ0n) is 7.86. The van der Waals surface area contributed by atoms with E-state index in [1.165, 1.54) is 12.3 Å². The van der Waals surface area contributed by atoms with Crippen molar-refractivity contribution in [2.45, 2.75) is 19.9 Å². The summed E-state index contributed by atoms with van der Waals surface area (Å²) in [6.07, 6.45) is 4.19. The first-order valence-corrected chi connectivity index (χ1v) is 4.55. The number of hydrogen-bond acceptors (Lipinski definition) is 3. The maximum atomic E-state index is 11.2. The molecule has 0 fully saturated rings.